The number of nitrogens with zero attached hydrogens (tertiary/aromatic N) is 3. The standard InChI is InChI=1S/C20H28N6O3S.HI/c1-5-22-20(24-11-10-23-17(27)15-8-7-9-21-12-15)26-14(4)18-25-13(3)16(30-18)19(28)29-6-2;/h7-9,12,14H,5-6,10-11H2,1-4H3,(H,23,27)(H2,22,24,26);1H. The lowest BCUT2D eigenvalue weighted by Crippen LogP contribution is -2.39. The maximum atomic E-state index is 12.0. The van der Waals surface area contributed by atoms with Crippen LogP contribution in [0.3, 0.4) is 0 Å². The Hall–Kier alpha value is -2.28. The Balaban J connectivity index is 0.00000480. The summed E-state index contributed by atoms with van der Waals surface area (Å²) in [5.41, 5.74) is 1.17. The fraction of sp³-hybridized carbons (Fsp3) is 0.450. The van der Waals surface area contributed by atoms with E-state index in [1.54, 1.807) is 32.2 Å². The average Bonchev–Trinajstić information content (AvgIpc) is 3.14. The second-order valence-electron chi connectivity index (χ2n) is 6.31. The van der Waals surface area contributed by atoms with Gasteiger partial charge in [-0.3, -0.25) is 14.8 Å². The van der Waals surface area contributed by atoms with Gasteiger partial charge in [-0.1, -0.05) is 0 Å². The van der Waals surface area contributed by atoms with Crippen LogP contribution in [0.25, 0.3) is 0 Å². The van der Waals surface area contributed by atoms with Gasteiger partial charge in [0.1, 0.15) is 9.88 Å². The third-order valence-corrected chi connectivity index (χ3v) is 5.25. The number of aliphatic imine (C=N–C) groups is 1. The highest BCUT2D eigenvalue weighted by atomic mass is 127. The van der Waals surface area contributed by atoms with Crippen LogP contribution in [0.2, 0.25) is 0 Å². The number of pyridine rings is 1. The predicted octanol–water partition coefficient (Wildman–Crippen LogP) is 2.69. The topological polar surface area (TPSA) is 118 Å². The predicted molar refractivity (Wildman–Crippen MR) is 132 cm³/mol. The third-order valence-electron chi connectivity index (χ3n) is 3.93. The largest absolute Gasteiger partial charge is 0.462 e. The number of guanidine groups is 1. The summed E-state index contributed by atoms with van der Waals surface area (Å²) in [7, 11) is 0. The Morgan fingerprint density at radius 3 is 2.71 bits per heavy atom. The number of hydrogen-bond donors (Lipinski definition) is 3. The van der Waals surface area contributed by atoms with Crippen molar-refractivity contribution in [3.63, 3.8) is 0 Å². The minimum atomic E-state index is -0.351. The molecule has 2 aromatic rings. The zero-order valence-electron chi connectivity index (χ0n) is 18.1. The number of amides is 1. The number of carbonyl (C=O) groups excluding carboxylic acids is 2. The van der Waals surface area contributed by atoms with Gasteiger partial charge in [-0.25, -0.2) is 9.78 Å². The monoisotopic (exact) mass is 560 g/mol. The molecule has 0 spiro atoms. The highest BCUT2D eigenvalue weighted by Gasteiger charge is 2.20. The van der Waals surface area contributed by atoms with Gasteiger partial charge in [0.15, 0.2) is 5.96 Å². The summed E-state index contributed by atoms with van der Waals surface area (Å²) in [6.45, 7) is 9.30. The lowest BCUT2D eigenvalue weighted by Gasteiger charge is -2.16. The molecule has 31 heavy (non-hydrogen) atoms. The van der Waals surface area contributed by atoms with E-state index in [9.17, 15) is 9.59 Å². The molecule has 0 aliphatic rings. The van der Waals surface area contributed by atoms with E-state index in [1.807, 2.05) is 13.8 Å². The smallest absolute Gasteiger partial charge is 0.350 e. The summed E-state index contributed by atoms with van der Waals surface area (Å²) in [6.07, 6.45) is 3.14. The van der Waals surface area contributed by atoms with E-state index >= 15 is 0 Å². The minimum Gasteiger partial charge on any atom is -0.462 e. The molecule has 0 radical (unpaired) electrons. The van der Waals surface area contributed by atoms with Gasteiger partial charge in [0.05, 0.1) is 30.5 Å². The van der Waals surface area contributed by atoms with Gasteiger partial charge in [0.2, 0.25) is 0 Å². The van der Waals surface area contributed by atoms with E-state index in [-0.39, 0.29) is 41.9 Å². The number of ether oxygens (including phenoxy) is 1. The van der Waals surface area contributed by atoms with Crippen LogP contribution in [0.15, 0.2) is 29.5 Å². The zero-order valence-corrected chi connectivity index (χ0v) is 21.2. The number of aromatic nitrogens is 2. The molecule has 2 aromatic heterocycles. The molecule has 3 N–H and O–H groups in total. The number of carbonyl (C=O) groups is 2. The molecule has 0 aliphatic heterocycles. The first-order valence-electron chi connectivity index (χ1n) is 9.83. The van der Waals surface area contributed by atoms with Crippen molar-refractivity contribution in [2.75, 3.05) is 26.2 Å². The Bertz CT molecular complexity index is 875. The molecule has 0 saturated carbocycles. The molecule has 2 rings (SSSR count). The lowest BCUT2D eigenvalue weighted by molar-refractivity contribution is 0.0531. The summed E-state index contributed by atoms with van der Waals surface area (Å²) in [6, 6.07) is 3.27. The van der Waals surface area contributed by atoms with E-state index in [1.165, 1.54) is 17.5 Å². The lowest BCUT2D eigenvalue weighted by atomic mass is 10.3. The average molecular weight is 560 g/mol. The second kappa shape index (κ2) is 13.9. The molecule has 170 valence electrons. The first-order valence-corrected chi connectivity index (χ1v) is 10.6. The van der Waals surface area contributed by atoms with Crippen LogP contribution < -0.4 is 16.0 Å². The molecule has 11 heteroatoms. The van der Waals surface area contributed by atoms with E-state index in [4.69, 9.17) is 4.74 Å². The van der Waals surface area contributed by atoms with Crippen molar-refractivity contribution in [1.82, 2.24) is 25.9 Å². The summed E-state index contributed by atoms with van der Waals surface area (Å²) < 4.78 is 5.07. The van der Waals surface area contributed by atoms with Crippen LogP contribution in [-0.4, -0.2) is 54.0 Å². The van der Waals surface area contributed by atoms with Crippen LogP contribution in [0.5, 0.6) is 0 Å². The maximum absolute atomic E-state index is 12.0. The van der Waals surface area contributed by atoms with Crippen molar-refractivity contribution < 1.29 is 14.3 Å². The minimum absolute atomic E-state index is 0. The highest BCUT2D eigenvalue weighted by molar-refractivity contribution is 14.0. The zero-order chi connectivity index (χ0) is 21.9. The molecule has 1 amide bonds. The molecule has 1 unspecified atom stereocenters. The van der Waals surface area contributed by atoms with Crippen LogP contribution in [0.4, 0.5) is 0 Å². The van der Waals surface area contributed by atoms with E-state index in [0.29, 0.717) is 48.3 Å². The van der Waals surface area contributed by atoms with Crippen LogP contribution >= 0.6 is 35.3 Å². The van der Waals surface area contributed by atoms with Crippen molar-refractivity contribution in [2.45, 2.75) is 33.7 Å². The molecule has 0 saturated heterocycles. The number of thiazole rings is 1. The molecule has 0 aliphatic carbocycles. The van der Waals surface area contributed by atoms with Crippen LogP contribution in [-0.2, 0) is 4.74 Å². The normalized spacial score (nSPS) is 11.8. The molecule has 1 atom stereocenters. The molecule has 9 nitrogen and oxygen atoms in total. The molecule has 0 bridgehead atoms. The molecule has 2 heterocycles. The van der Waals surface area contributed by atoms with Gasteiger partial charge in [0, 0.05) is 25.5 Å². The number of hydrogen-bond acceptors (Lipinski definition) is 7. The fourth-order valence-electron chi connectivity index (χ4n) is 2.51. The Labute approximate surface area is 203 Å². The van der Waals surface area contributed by atoms with Gasteiger partial charge in [0.25, 0.3) is 5.91 Å². The Kier molecular flexibility index (Phi) is 12.0. The number of halogens is 1. The van der Waals surface area contributed by atoms with Crippen molar-refractivity contribution in [3.8, 4) is 0 Å². The van der Waals surface area contributed by atoms with Gasteiger partial charge < -0.3 is 20.7 Å². The SMILES string of the molecule is CCNC(=NCCNC(=O)c1cccnc1)NC(C)c1nc(C)c(C(=O)OCC)s1.I. The van der Waals surface area contributed by atoms with Crippen LogP contribution in [0, 0.1) is 6.92 Å². The second-order valence-corrected chi connectivity index (χ2v) is 7.34. The summed E-state index contributed by atoms with van der Waals surface area (Å²) in [5, 5.41) is 10.0. The Morgan fingerprint density at radius 1 is 1.29 bits per heavy atom. The third kappa shape index (κ3) is 8.40. The summed E-state index contributed by atoms with van der Waals surface area (Å²) >= 11 is 1.31. The number of aryl methyl sites for hydroxylation is 1. The van der Waals surface area contributed by atoms with Crippen molar-refractivity contribution in [1.29, 1.82) is 0 Å². The number of esters is 1. The van der Waals surface area contributed by atoms with E-state index in [2.05, 4.69) is 30.9 Å². The first kappa shape index (κ1) is 26.8. The van der Waals surface area contributed by atoms with Gasteiger partial charge in [-0.15, -0.1) is 35.3 Å². The quantitative estimate of drug-likeness (QED) is 0.142. The van der Waals surface area contributed by atoms with Gasteiger partial charge in [-0.2, -0.15) is 0 Å². The van der Waals surface area contributed by atoms with E-state index in [0.717, 1.165) is 5.01 Å². The van der Waals surface area contributed by atoms with Gasteiger partial charge in [-0.05, 0) is 39.8 Å². The van der Waals surface area contributed by atoms with E-state index < -0.39 is 0 Å². The Morgan fingerprint density at radius 2 is 2.06 bits per heavy atom. The summed E-state index contributed by atoms with van der Waals surface area (Å²) in [4.78, 5) is 37.5. The fourth-order valence-corrected chi connectivity index (χ4v) is 3.47. The molecule has 0 fully saturated rings. The highest BCUT2D eigenvalue weighted by Crippen LogP contribution is 2.24. The van der Waals surface area contributed by atoms with Crippen molar-refractivity contribution in [3.05, 3.63) is 45.7 Å². The first-order chi connectivity index (χ1) is 14.5. The number of nitrogens with one attached hydrogen (secondary N) is 3. The van der Waals surface area contributed by atoms with Crippen molar-refractivity contribution in [2.24, 2.45) is 4.99 Å². The van der Waals surface area contributed by atoms with Gasteiger partial charge >= 0.3 is 5.97 Å². The van der Waals surface area contributed by atoms with Crippen molar-refractivity contribution >= 4 is 53.1 Å². The molecular weight excluding hydrogens is 531 g/mol. The molecular formula is C20H29IN6O3S. The summed E-state index contributed by atoms with van der Waals surface area (Å²) in [5.74, 6) is 0.0661. The number of rotatable bonds is 9. The maximum Gasteiger partial charge on any atom is 0.350 e. The van der Waals surface area contributed by atoms with Crippen LogP contribution in [0.1, 0.15) is 57.5 Å². The molecule has 0 aromatic carbocycles.